The third-order valence-corrected chi connectivity index (χ3v) is 6.31. The minimum Gasteiger partial charge on any atom is -0.459 e. The summed E-state index contributed by atoms with van der Waals surface area (Å²) >= 11 is 0. The number of aromatic amines is 1. The summed E-state index contributed by atoms with van der Waals surface area (Å²) in [5.74, 6) is -0.656. The molecule has 0 radical (unpaired) electrons. The summed E-state index contributed by atoms with van der Waals surface area (Å²) in [6.07, 6.45) is 5.86. The maximum absolute atomic E-state index is 12.6. The molecular formula is C24H25N3O5. The van der Waals surface area contributed by atoms with E-state index in [1.165, 1.54) is 23.9 Å². The maximum Gasteiger partial charge on any atom is 0.338 e. The number of aromatic nitrogens is 1. The molecule has 0 saturated carbocycles. The molecule has 1 aliphatic heterocycles. The second-order valence-corrected chi connectivity index (χ2v) is 8.28. The zero-order valence-electron chi connectivity index (χ0n) is 17.8. The summed E-state index contributed by atoms with van der Waals surface area (Å²) in [4.78, 5) is 44.1. The summed E-state index contributed by atoms with van der Waals surface area (Å²) in [6, 6.07) is 8.79. The van der Waals surface area contributed by atoms with E-state index in [-0.39, 0.29) is 18.4 Å². The Morgan fingerprint density at radius 1 is 1.00 bits per heavy atom. The van der Waals surface area contributed by atoms with Crippen molar-refractivity contribution < 1.29 is 23.5 Å². The van der Waals surface area contributed by atoms with Crippen molar-refractivity contribution in [3.05, 3.63) is 59.2 Å². The number of H-pyrrole nitrogens is 1. The van der Waals surface area contributed by atoms with Crippen LogP contribution in [0.1, 0.15) is 45.0 Å². The van der Waals surface area contributed by atoms with E-state index in [9.17, 15) is 14.4 Å². The van der Waals surface area contributed by atoms with Crippen molar-refractivity contribution in [3.8, 4) is 0 Å². The lowest BCUT2D eigenvalue weighted by atomic mass is 9.95. The maximum atomic E-state index is 12.6. The van der Waals surface area contributed by atoms with Crippen LogP contribution in [0.15, 0.2) is 41.0 Å². The fraction of sp³-hybridized carbons (Fsp3) is 0.375. The minimum absolute atomic E-state index is 0.184. The SMILES string of the molecule is O=C(OCC(=O)N1CCN(C(=O)c2ccco2)CC1)c1ccc2[nH]c3c(c2c1)CCCC3. The van der Waals surface area contributed by atoms with Gasteiger partial charge in [0, 0.05) is 42.8 Å². The van der Waals surface area contributed by atoms with E-state index >= 15 is 0 Å². The van der Waals surface area contributed by atoms with Crippen molar-refractivity contribution in [2.24, 2.45) is 0 Å². The molecule has 8 heteroatoms. The Labute approximate surface area is 185 Å². The van der Waals surface area contributed by atoms with Gasteiger partial charge in [0.25, 0.3) is 11.8 Å². The molecule has 1 N–H and O–H groups in total. The van der Waals surface area contributed by atoms with Crippen molar-refractivity contribution >= 4 is 28.7 Å². The minimum atomic E-state index is -0.502. The third kappa shape index (κ3) is 3.88. The lowest BCUT2D eigenvalue weighted by molar-refractivity contribution is -0.136. The van der Waals surface area contributed by atoms with Gasteiger partial charge in [0.15, 0.2) is 12.4 Å². The molecule has 0 spiro atoms. The van der Waals surface area contributed by atoms with E-state index in [4.69, 9.17) is 9.15 Å². The van der Waals surface area contributed by atoms with E-state index < -0.39 is 5.97 Å². The van der Waals surface area contributed by atoms with Crippen molar-refractivity contribution in [2.75, 3.05) is 32.8 Å². The number of piperazine rings is 1. The first-order valence-electron chi connectivity index (χ1n) is 11.0. The zero-order valence-corrected chi connectivity index (χ0v) is 17.8. The molecule has 2 aliphatic rings. The second-order valence-electron chi connectivity index (χ2n) is 8.28. The summed E-state index contributed by atoms with van der Waals surface area (Å²) in [5.41, 5.74) is 4.04. The van der Waals surface area contributed by atoms with E-state index in [1.54, 1.807) is 28.0 Å². The lowest BCUT2D eigenvalue weighted by Gasteiger charge is -2.34. The first kappa shape index (κ1) is 20.4. The standard InChI is InChI=1S/C24H25N3O5/c28-22(26-9-11-27(12-10-26)23(29)21-6-3-13-31-21)15-32-24(30)16-7-8-20-18(14-16)17-4-1-2-5-19(17)25-20/h3,6-8,13-14,25H,1-2,4-5,9-12,15H2. The van der Waals surface area contributed by atoms with Gasteiger partial charge < -0.3 is 23.9 Å². The Kier molecular flexibility index (Phi) is 5.43. The highest BCUT2D eigenvalue weighted by molar-refractivity contribution is 5.97. The Morgan fingerprint density at radius 2 is 1.78 bits per heavy atom. The molecule has 5 rings (SSSR count). The molecule has 0 bridgehead atoms. The molecule has 2 amide bonds. The van der Waals surface area contributed by atoms with Crippen LogP contribution in [-0.2, 0) is 22.4 Å². The molecule has 3 aromatic rings. The first-order valence-corrected chi connectivity index (χ1v) is 11.0. The van der Waals surface area contributed by atoms with Gasteiger partial charge in [-0.2, -0.15) is 0 Å². The normalized spacial score (nSPS) is 16.1. The highest BCUT2D eigenvalue weighted by Crippen LogP contribution is 2.29. The van der Waals surface area contributed by atoms with Crippen LogP contribution in [0.3, 0.4) is 0 Å². The summed E-state index contributed by atoms with van der Waals surface area (Å²) in [7, 11) is 0. The fourth-order valence-electron chi connectivity index (χ4n) is 4.55. The predicted octanol–water partition coefficient (Wildman–Crippen LogP) is 2.78. The molecule has 1 saturated heterocycles. The number of nitrogens with one attached hydrogen (secondary N) is 1. The number of esters is 1. The molecular weight excluding hydrogens is 410 g/mol. The van der Waals surface area contributed by atoms with Crippen LogP contribution in [0, 0.1) is 0 Å². The van der Waals surface area contributed by atoms with Gasteiger partial charge in [-0.1, -0.05) is 0 Å². The summed E-state index contributed by atoms with van der Waals surface area (Å²) in [6.45, 7) is 1.30. The number of carbonyl (C=O) groups excluding carboxylic acids is 3. The van der Waals surface area contributed by atoms with Gasteiger partial charge in [-0.25, -0.2) is 4.79 Å². The number of ether oxygens (including phenoxy) is 1. The molecule has 1 aliphatic carbocycles. The predicted molar refractivity (Wildman–Crippen MR) is 116 cm³/mol. The van der Waals surface area contributed by atoms with Crippen LogP contribution in [-0.4, -0.2) is 65.4 Å². The number of benzene rings is 1. The van der Waals surface area contributed by atoms with E-state index in [2.05, 4.69) is 4.98 Å². The topological polar surface area (TPSA) is 95.9 Å². The number of hydrogen-bond acceptors (Lipinski definition) is 5. The quantitative estimate of drug-likeness (QED) is 0.636. The van der Waals surface area contributed by atoms with Crippen molar-refractivity contribution in [1.82, 2.24) is 14.8 Å². The number of furan rings is 1. The largest absolute Gasteiger partial charge is 0.459 e. The van der Waals surface area contributed by atoms with Crippen LogP contribution in [0.5, 0.6) is 0 Å². The number of aryl methyl sites for hydroxylation is 2. The van der Waals surface area contributed by atoms with Gasteiger partial charge in [0.2, 0.25) is 0 Å². The molecule has 166 valence electrons. The van der Waals surface area contributed by atoms with Gasteiger partial charge in [-0.05, 0) is 61.6 Å². The van der Waals surface area contributed by atoms with Crippen LogP contribution < -0.4 is 0 Å². The lowest BCUT2D eigenvalue weighted by Crippen LogP contribution is -2.51. The van der Waals surface area contributed by atoms with E-state index in [0.29, 0.717) is 37.5 Å². The summed E-state index contributed by atoms with van der Waals surface area (Å²) in [5, 5.41) is 1.07. The Balaban J connectivity index is 1.16. The monoisotopic (exact) mass is 435 g/mol. The number of amides is 2. The average Bonchev–Trinajstić information content (AvgIpc) is 3.50. The van der Waals surface area contributed by atoms with Gasteiger partial charge in [0.1, 0.15) is 0 Å². The van der Waals surface area contributed by atoms with Gasteiger partial charge >= 0.3 is 5.97 Å². The molecule has 2 aromatic heterocycles. The zero-order chi connectivity index (χ0) is 22.1. The average molecular weight is 435 g/mol. The molecule has 0 atom stereocenters. The third-order valence-electron chi connectivity index (χ3n) is 6.31. The van der Waals surface area contributed by atoms with Gasteiger partial charge in [0.05, 0.1) is 11.8 Å². The summed E-state index contributed by atoms with van der Waals surface area (Å²) < 4.78 is 10.5. The molecule has 8 nitrogen and oxygen atoms in total. The van der Waals surface area contributed by atoms with Crippen LogP contribution >= 0.6 is 0 Å². The number of hydrogen-bond donors (Lipinski definition) is 1. The molecule has 1 fully saturated rings. The van der Waals surface area contributed by atoms with Gasteiger partial charge in [-0.15, -0.1) is 0 Å². The van der Waals surface area contributed by atoms with Crippen molar-refractivity contribution in [2.45, 2.75) is 25.7 Å². The Hall–Kier alpha value is -3.55. The highest BCUT2D eigenvalue weighted by Gasteiger charge is 2.26. The first-order chi connectivity index (χ1) is 15.6. The molecule has 32 heavy (non-hydrogen) atoms. The highest BCUT2D eigenvalue weighted by atomic mass is 16.5. The van der Waals surface area contributed by atoms with Crippen molar-refractivity contribution in [1.29, 1.82) is 0 Å². The number of rotatable bonds is 4. The smallest absolute Gasteiger partial charge is 0.338 e. The number of fused-ring (bicyclic) bond motifs is 3. The Morgan fingerprint density at radius 3 is 2.56 bits per heavy atom. The van der Waals surface area contributed by atoms with Crippen LogP contribution in [0.2, 0.25) is 0 Å². The van der Waals surface area contributed by atoms with Gasteiger partial charge in [-0.3, -0.25) is 9.59 Å². The second kappa shape index (κ2) is 8.53. The van der Waals surface area contributed by atoms with Crippen LogP contribution in [0.4, 0.5) is 0 Å². The molecule has 3 heterocycles. The molecule has 1 aromatic carbocycles. The number of nitrogens with zero attached hydrogens (tertiary/aromatic N) is 2. The van der Waals surface area contributed by atoms with E-state index in [1.807, 2.05) is 12.1 Å². The van der Waals surface area contributed by atoms with Crippen LogP contribution in [0.25, 0.3) is 10.9 Å². The fourth-order valence-corrected chi connectivity index (χ4v) is 4.55. The molecule has 0 unspecified atom stereocenters. The van der Waals surface area contributed by atoms with Crippen molar-refractivity contribution in [3.63, 3.8) is 0 Å². The number of carbonyl (C=O) groups is 3. The van der Waals surface area contributed by atoms with E-state index in [0.717, 1.165) is 30.2 Å². The Bertz CT molecular complexity index is 1160.